The van der Waals surface area contributed by atoms with Crippen LogP contribution < -0.4 is 5.73 Å². The first-order valence-electron chi connectivity index (χ1n) is 5.31. The van der Waals surface area contributed by atoms with Gasteiger partial charge in [0.15, 0.2) is 0 Å². The third-order valence-corrected chi connectivity index (χ3v) is 2.53. The van der Waals surface area contributed by atoms with Crippen LogP contribution >= 0.6 is 11.6 Å². The lowest BCUT2D eigenvalue weighted by molar-refractivity contribution is -0.142. The molecule has 1 aromatic rings. The van der Waals surface area contributed by atoms with Gasteiger partial charge in [0.25, 0.3) is 6.43 Å². The van der Waals surface area contributed by atoms with E-state index in [2.05, 4.69) is 4.98 Å². The molecule has 0 radical (unpaired) electrons. The van der Waals surface area contributed by atoms with Crippen LogP contribution in [-0.2, 0) is 22.5 Å². The Kier molecular flexibility index (Phi) is 5.43. The van der Waals surface area contributed by atoms with E-state index < -0.39 is 12.4 Å². The number of esters is 1. The summed E-state index contributed by atoms with van der Waals surface area (Å²) < 4.78 is 30.3. The summed E-state index contributed by atoms with van der Waals surface area (Å²) >= 11 is 5.75. The minimum Gasteiger partial charge on any atom is -0.466 e. The largest absolute Gasteiger partial charge is 0.466 e. The molecule has 0 unspecified atom stereocenters. The quantitative estimate of drug-likeness (QED) is 0.839. The first-order valence-corrected chi connectivity index (χ1v) is 5.69. The van der Waals surface area contributed by atoms with Gasteiger partial charge >= 0.3 is 5.97 Å². The van der Waals surface area contributed by atoms with Crippen molar-refractivity contribution in [2.45, 2.75) is 26.3 Å². The molecule has 0 saturated heterocycles. The van der Waals surface area contributed by atoms with Gasteiger partial charge in [-0.1, -0.05) is 11.6 Å². The van der Waals surface area contributed by atoms with Gasteiger partial charge < -0.3 is 10.5 Å². The molecule has 2 N–H and O–H groups in total. The van der Waals surface area contributed by atoms with Crippen molar-refractivity contribution in [2.75, 3.05) is 6.61 Å². The Morgan fingerprint density at radius 1 is 1.56 bits per heavy atom. The van der Waals surface area contributed by atoms with Gasteiger partial charge in [-0.2, -0.15) is 0 Å². The Hall–Kier alpha value is -1.27. The maximum atomic E-state index is 12.8. The molecule has 0 atom stereocenters. The zero-order valence-electron chi connectivity index (χ0n) is 9.75. The topological polar surface area (TPSA) is 65.2 Å². The van der Waals surface area contributed by atoms with Crippen molar-refractivity contribution in [3.8, 4) is 0 Å². The number of hydrogen-bond donors (Lipinski definition) is 1. The summed E-state index contributed by atoms with van der Waals surface area (Å²) in [4.78, 5) is 15.2. The van der Waals surface area contributed by atoms with Gasteiger partial charge in [-0.05, 0) is 13.0 Å². The molecule has 1 aromatic heterocycles. The first-order chi connectivity index (χ1) is 8.49. The fourth-order valence-corrected chi connectivity index (χ4v) is 1.64. The second kappa shape index (κ2) is 6.61. The van der Waals surface area contributed by atoms with Crippen LogP contribution in [0, 0.1) is 0 Å². The predicted octanol–water partition coefficient (Wildman–Crippen LogP) is 2.24. The molecule has 0 aliphatic rings. The van der Waals surface area contributed by atoms with Crippen molar-refractivity contribution < 1.29 is 18.3 Å². The number of hydrogen-bond acceptors (Lipinski definition) is 4. The van der Waals surface area contributed by atoms with Crippen molar-refractivity contribution in [2.24, 2.45) is 5.73 Å². The predicted molar refractivity (Wildman–Crippen MR) is 62.4 cm³/mol. The highest BCUT2D eigenvalue weighted by Crippen LogP contribution is 2.27. The second-order valence-corrected chi connectivity index (χ2v) is 3.85. The van der Waals surface area contributed by atoms with E-state index in [0.717, 1.165) is 6.07 Å². The molecule has 18 heavy (non-hydrogen) atoms. The number of ether oxygens (including phenoxy) is 1. The second-order valence-electron chi connectivity index (χ2n) is 3.44. The van der Waals surface area contributed by atoms with Crippen molar-refractivity contribution >= 4 is 17.6 Å². The average Bonchev–Trinajstić information content (AvgIpc) is 2.30. The summed E-state index contributed by atoms with van der Waals surface area (Å²) in [5, 5.41) is 0.0698. The van der Waals surface area contributed by atoms with E-state index in [1.165, 1.54) is 0 Å². The van der Waals surface area contributed by atoms with Crippen molar-refractivity contribution in [1.29, 1.82) is 0 Å². The molecule has 0 spiro atoms. The van der Waals surface area contributed by atoms with Crippen LogP contribution in [0.4, 0.5) is 8.78 Å². The monoisotopic (exact) mass is 278 g/mol. The van der Waals surface area contributed by atoms with E-state index in [1.807, 2.05) is 0 Å². The van der Waals surface area contributed by atoms with Crippen molar-refractivity contribution in [1.82, 2.24) is 4.98 Å². The molecule has 0 bridgehead atoms. The number of carbonyl (C=O) groups excluding carboxylic acids is 1. The Labute approximate surface area is 108 Å². The molecule has 1 heterocycles. The Balaban J connectivity index is 3.10. The molecule has 4 nitrogen and oxygen atoms in total. The maximum absolute atomic E-state index is 12.8. The van der Waals surface area contributed by atoms with E-state index >= 15 is 0 Å². The number of nitrogens with two attached hydrogens (primary N) is 1. The van der Waals surface area contributed by atoms with Gasteiger partial charge in [0.1, 0.15) is 0 Å². The lowest BCUT2D eigenvalue weighted by Gasteiger charge is -2.11. The first kappa shape index (κ1) is 14.8. The number of rotatable bonds is 5. The molecule has 0 fully saturated rings. The van der Waals surface area contributed by atoms with E-state index in [0.29, 0.717) is 0 Å². The molecule has 1 rings (SSSR count). The Morgan fingerprint density at radius 3 is 2.72 bits per heavy atom. The van der Waals surface area contributed by atoms with Crippen LogP contribution in [0.25, 0.3) is 0 Å². The summed E-state index contributed by atoms with van der Waals surface area (Å²) in [6.07, 6.45) is -3.08. The fraction of sp³-hybridized carbons (Fsp3) is 0.455. The van der Waals surface area contributed by atoms with Crippen LogP contribution in [0.15, 0.2) is 6.07 Å². The third-order valence-electron chi connectivity index (χ3n) is 2.21. The Morgan fingerprint density at radius 2 is 2.22 bits per heavy atom. The zero-order valence-corrected chi connectivity index (χ0v) is 10.5. The SMILES string of the molecule is CCOC(=O)Cc1nc(CN)c(Cl)cc1C(F)F. The minimum absolute atomic E-state index is 0.0121. The van der Waals surface area contributed by atoms with Gasteiger partial charge in [-0.25, -0.2) is 8.78 Å². The van der Waals surface area contributed by atoms with Crippen LogP contribution in [0.5, 0.6) is 0 Å². The summed E-state index contributed by atoms with van der Waals surface area (Å²) in [6.45, 7) is 1.82. The van der Waals surface area contributed by atoms with Gasteiger partial charge in [-0.3, -0.25) is 9.78 Å². The highest BCUT2D eigenvalue weighted by molar-refractivity contribution is 6.31. The van der Waals surface area contributed by atoms with Crippen molar-refractivity contribution in [3.63, 3.8) is 0 Å². The zero-order chi connectivity index (χ0) is 13.7. The average molecular weight is 279 g/mol. The standard InChI is InChI=1S/C11H13ClF2N2O2/c1-2-18-10(17)4-8-6(11(13)14)3-7(12)9(5-15)16-8/h3,11H,2,4-5,15H2,1H3. The van der Waals surface area contributed by atoms with Gasteiger partial charge in [-0.15, -0.1) is 0 Å². The number of nitrogens with zero attached hydrogens (tertiary/aromatic N) is 1. The summed E-state index contributed by atoms with van der Waals surface area (Å²) in [6, 6.07) is 1.09. The number of carbonyl (C=O) groups is 1. The molecular weight excluding hydrogens is 266 g/mol. The summed E-state index contributed by atoms with van der Waals surface area (Å²) in [7, 11) is 0. The number of alkyl halides is 2. The Bertz CT molecular complexity index is 441. The fourth-order valence-electron chi connectivity index (χ4n) is 1.41. The smallest absolute Gasteiger partial charge is 0.311 e. The van der Waals surface area contributed by atoms with Gasteiger partial charge in [0.05, 0.1) is 29.4 Å². The highest BCUT2D eigenvalue weighted by Gasteiger charge is 2.19. The third kappa shape index (κ3) is 3.61. The molecule has 0 aliphatic heterocycles. The van der Waals surface area contributed by atoms with E-state index in [9.17, 15) is 13.6 Å². The lowest BCUT2D eigenvalue weighted by Crippen LogP contribution is -2.13. The lowest BCUT2D eigenvalue weighted by atomic mass is 10.1. The molecule has 100 valence electrons. The molecular formula is C11H13ClF2N2O2. The molecule has 0 aliphatic carbocycles. The number of aromatic nitrogens is 1. The van der Waals surface area contributed by atoms with Crippen LogP contribution in [0.1, 0.15) is 30.3 Å². The number of pyridine rings is 1. The summed E-state index contributed by atoms with van der Waals surface area (Å²) in [5.41, 5.74) is 5.24. The van der Waals surface area contributed by atoms with Crippen molar-refractivity contribution in [3.05, 3.63) is 28.0 Å². The molecule has 0 aromatic carbocycles. The summed E-state index contributed by atoms with van der Waals surface area (Å²) in [5.74, 6) is -0.614. The van der Waals surface area contributed by atoms with Crippen LogP contribution in [0.2, 0.25) is 5.02 Å². The van der Waals surface area contributed by atoms with E-state index in [-0.39, 0.29) is 41.5 Å². The van der Waals surface area contributed by atoms with E-state index in [1.54, 1.807) is 6.92 Å². The molecule has 7 heteroatoms. The normalized spacial score (nSPS) is 10.8. The van der Waals surface area contributed by atoms with Crippen LogP contribution in [0.3, 0.4) is 0 Å². The molecule has 0 amide bonds. The number of halogens is 3. The van der Waals surface area contributed by atoms with Crippen LogP contribution in [-0.4, -0.2) is 17.6 Å². The minimum atomic E-state index is -2.76. The van der Waals surface area contributed by atoms with Gasteiger partial charge in [0, 0.05) is 12.1 Å². The van der Waals surface area contributed by atoms with Gasteiger partial charge in [0.2, 0.25) is 0 Å². The molecule has 0 saturated carbocycles. The maximum Gasteiger partial charge on any atom is 0.311 e. The highest BCUT2D eigenvalue weighted by atomic mass is 35.5. The van der Waals surface area contributed by atoms with E-state index in [4.69, 9.17) is 22.1 Å².